The van der Waals surface area contributed by atoms with Crippen LogP contribution in [0.5, 0.6) is 0 Å². The number of hydrogen-bond donors (Lipinski definition) is 0. The molecule has 0 bridgehead atoms. The van der Waals surface area contributed by atoms with Crippen LogP contribution >= 0.6 is 0 Å². The Morgan fingerprint density at radius 3 is 1.78 bits per heavy atom. The quantitative estimate of drug-likeness (QED) is 0.175. The molecule has 280 valence electrons. The molecule has 0 saturated carbocycles. The number of aromatic nitrogens is 4. The Labute approximate surface area is 346 Å². The van der Waals surface area contributed by atoms with E-state index in [0.717, 1.165) is 57.3 Å². The first-order chi connectivity index (χ1) is 29.7. The van der Waals surface area contributed by atoms with Crippen molar-refractivity contribution in [1.29, 1.82) is 0 Å². The van der Waals surface area contributed by atoms with Crippen LogP contribution < -0.4 is 0 Å². The van der Waals surface area contributed by atoms with E-state index in [1.54, 1.807) is 0 Å². The summed E-state index contributed by atoms with van der Waals surface area (Å²) in [6.07, 6.45) is 2.26. The summed E-state index contributed by atoms with van der Waals surface area (Å²) in [6, 6.07) is 70.4. The minimum atomic E-state index is 0.660. The van der Waals surface area contributed by atoms with E-state index in [9.17, 15) is 0 Å². The Bertz CT molecular complexity index is 3690. The van der Waals surface area contributed by atoms with E-state index in [1.165, 1.54) is 71.2 Å². The third kappa shape index (κ3) is 4.91. The number of nitrogens with zero attached hydrogens (tertiary/aromatic N) is 4. The molecule has 0 N–H and O–H groups in total. The van der Waals surface area contributed by atoms with Gasteiger partial charge in [-0.1, -0.05) is 146 Å². The second-order valence-corrected chi connectivity index (χ2v) is 16.1. The Morgan fingerprint density at radius 2 is 0.950 bits per heavy atom. The van der Waals surface area contributed by atoms with E-state index in [4.69, 9.17) is 9.97 Å². The van der Waals surface area contributed by atoms with Crippen molar-refractivity contribution >= 4 is 65.3 Å². The second-order valence-electron chi connectivity index (χ2n) is 16.1. The van der Waals surface area contributed by atoms with E-state index in [0.29, 0.717) is 5.95 Å². The van der Waals surface area contributed by atoms with Gasteiger partial charge in [-0.25, -0.2) is 9.97 Å². The molecule has 12 aromatic rings. The van der Waals surface area contributed by atoms with Crippen LogP contribution in [0.1, 0.15) is 11.1 Å². The number of rotatable bonds is 5. The van der Waals surface area contributed by atoms with Gasteiger partial charge in [-0.05, 0) is 106 Å². The van der Waals surface area contributed by atoms with Crippen molar-refractivity contribution in [2.24, 2.45) is 0 Å². The molecule has 60 heavy (non-hydrogen) atoms. The number of benzene rings is 9. The molecule has 0 saturated heterocycles. The molecule has 0 amide bonds. The standard InChI is InChI=1S/C56H36N4/c1-2-12-41(13-3-1)59-50-19-8-5-14-43(50)45-31-28-40(34-53(45)59)39-29-32-52-48(33-39)44-15-6-9-20-51(44)60(52)56-57-49-18-7-4-16-47(49)55(58-56)38-25-21-35(22-26-38)42-30-27-37-24-23-36-11-10-17-46(42)54(36)37/h1-22,25-34H,23-24H2. The first kappa shape index (κ1) is 33.2. The number of fused-ring (bicyclic) bond motifs is 7. The molecule has 1 aliphatic carbocycles. The zero-order valence-corrected chi connectivity index (χ0v) is 32.7. The summed E-state index contributed by atoms with van der Waals surface area (Å²) in [5.74, 6) is 0.660. The molecule has 4 nitrogen and oxygen atoms in total. The zero-order valence-electron chi connectivity index (χ0n) is 32.7. The zero-order chi connectivity index (χ0) is 39.3. The van der Waals surface area contributed by atoms with E-state index in [-0.39, 0.29) is 0 Å². The van der Waals surface area contributed by atoms with Gasteiger partial charge >= 0.3 is 0 Å². The summed E-state index contributed by atoms with van der Waals surface area (Å²) in [5, 5.41) is 8.65. The summed E-state index contributed by atoms with van der Waals surface area (Å²) < 4.78 is 4.62. The Balaban J connectivity index is 0.954. The third-order valence-corrected chi connectivity index (χ3v) is 12.8. The molecule has 13 rings (SSSR count). The van der Waals surface area contributed by atoms with Gasteiger partial charge in [0.15, 0.2) is 0 Å². The summed E-state index contributed by atoms with van der Waals surface area (Å²) in [7, 11) is 0. The lowest BCUT2D eigenvalue weighted by molar-refractivity contribution is 1.01. The topological polar surface area (TPSA) is 35.6 Å². The average Bonchev–Trinajstić information content (AvgIpc) is 3.99. The smallest absolute Gasteiger partial charge is 0.235 e. The summed E-state index contributed by atoms with van der Waals surface area (Å²) in [4.78, 5) is 10.7. The SMILES string of the molecule is c1ccc(-n2c3ccccc3c3ccc(-c4ccc5c(c4)c4ccccc4n5-c4nc(-c5ccc(-c6ccc7c8c(cccc68)CC7)cc5)c5ccccc5n4)cc32)cc1. The molecule has 0 spiro atoms. The van der Waals surface area contributed by atoms with Crippen LogP contribution in [-0.4, -0.2) is 19.1 Å². The summed E-state index contributed by atoms with van der Waals surface area (Å²) in [5.41, 5.74) is 16.4. The Morgan fingerprint density at radius 1 is 0.350 bits per heavy atom. The second kappa shape index (κ2) is 12.8. The number of hydrogen-bond acceptors (Lipinski definition) is 2. The highest BCUT2D eigenvalue weighted by Crippen LogP contribution is 2.40. The van der Waals surface area contributed by atoms with Crippen molar-refractivity contribution in [1.82, 2.24) is 19.1 Å². The van der Waals surface area contributed by atoms with Crippen molar-refractivity contribution < 1.29 is 0 Å². The fourth-order valence-electron chi connectivity index (χ4n) is 10.1. The molecule has 0 unspecified atom stereocenters. The largest absolute Gasteiger partial charge is 0.309 e. The van der Waals surface area contributed by atoms with Crippen molar-refractivity contribution in [3.05, 3.63) is 205 Å². The first-order valence-corrected chi connectivity index (χ1v) is 20.8. The van der Waals surface area contributed by atoms with Gasteiger partial charge in [-0.3, -0.25) is 4.57 Å². The maximum Gasteiger partial charge on any atom is 0.235 e. The van der Waals surface area contributed by atoms with Gasteiger partial charge in [0.25, 0.3) is 0 Å². The Hall–Kier alpha value is -7.82. The van der Waals surface area contributed by atoms with Gasteiger partial charge in [-0.2, -0.15) is 0 Å². The van der Waals surface area contributed by atoms with Crippen LogP contribution in [0, 0.1) is 0 Å². The average molecular weight is 765 g/mol. The van der Waals surface area contributed by atoms with Crippen molar-refractivity contribution in [2.75, 3.05) is 0 Å². The summed E-state index contributed by atoms with van der Waals surface area (Å²) in [6.45, 7) is 0. The molecular formula is C56H36N4. The van der Waals surface area contributed by atoms with Gasteiger partial charge in [-0.15, -0.1) is 0 Å². The van der Waals surface area contributed by atoms with Crippen LogP contribution in [0.25, 0.3) is 110 Å². The van der Waals surface area contributed by atoms with Crippen LogP contribution in [0.2, 0.25) is 0 Å². The molecular weight excluding hydrogens is 729 g/mol. The Kier molecular flexibility index (Phi) is 7.10. The van der Waals surface area contributed by atoms with E-state index in [1.807, 2.05) is 0 Å². The molecule has 3 aromatic heterocycles. The first-order valence-electron chi connectivity index (χ1n) is 20.8. The van der Waals surface area contributed by atoms with Gasteiger partial charge in [0.05, 0.1) is 33.3 Å². The summed E-state index contributed by atoms with van der Waals surface area (Å²) >= 11 is 0. The van der Waals surface area contributed by atoms with E-state index >= 15 is 0 Å². The normalized spacial score (nSPS) is 12.5. The van der Waals surface area contributed by atoms with Gasteiger partial charge < -0.3 is 4.57 Å². The predicted octanol–water partition coefficient (Wildman–Crippen LogP) is 14.1. The van der Waals surface area contributed by atoms with Crippen LogP contribution in [-0.2, 0) is 12.8 Å². The monoisotopic (exact) mass is 764 g/mol. The van der Waals surface area contributed by atoms with Crippen LogP contribution in [0.15, 0.2) is 194 Å². The maximum atomic E-state index is 5.42. The minimum absolute atomic E-state index is 0.660. The van der Waals surface area contributed by atoms with Gasteiger partial charge in [0.2, 0.25) is 5.95 Å². The molecule has 3 heterocycles. The number of para-hydroxylation sites is 4. The van der Waals surface area contributed by atoms with Crippen LogP contribution in [0.4, 0.5) is 0 Å². The fraction of sp³-hybridized carbons (Fsp3) is 0.0357. The van der Waals surface area contributed by atoms with Crippen molar-refractivity contribution in [3.8, 4) is 45.1 Å². The van der Waals surface area contributed by atoms with E-state index in [2.05, 4.69) is 203 Å². The third-order valence-electron chi connectivity index (χ3n) is 12.8. The lowest BCUT2D eigenvalue weighted by Gasteiger charge is -2.13. The highest BCUT2D eigenvalue weighted by molar-refractivity contribution is 6.12. The maximum absolute atomic E-state index is 5.42. The lowest BCUT2D eigenvalue weighted by Crippen LogP contribution is -2.03. The highest BCUT2D eigenvalue weighted by atomic mass is 15.2. The molecule has 9 aromatic carbocycles. The van der Waals surface area contributed by atoms with Crippen molar-refractivity contribution in [3.63, 3.8) is 0 Å². The van der Waals surface area contributed by atoms with Crippen molar-refractivity contribution in [2.45, 2.75) is 12.8 Å². The molecule has 0 radical (unpaired) electrons. The van der Waals surface area contributed by atoms with E-state index < -0.39 is 0 Å². The molecule has 4 heteroatoms. The van der Waals surface area contributed by atoms with Gasteiger partial charge in [0.1, 0.15) is 0 Å². The number of aryl methyl sites for hydroxylation is 2. The lowest BCUT2D eigenvalue weighted by atomic mass is 9.94. The highest BCUT2D eigenvalue weighted by Gasteiger charge is 2.20. The van der Waals surface area contributed by atoms with Gasteiger partial charge in [0, 0.05) is 38.2 Å². The molecule has 0 atom stereocenters. The molecule has 0 aliphatic heterocycles. The molecule has 1 aliphatic rings. The van der Waals surface area contributed by atoms with Crippen LogP contribution in [0.3, 0.4) is 0 Å². The molecule has 0 fully saturated rings. The predicted molar refractivity (Wildman–Crippen MR) is 249 cm³/mol. The fourth-order valence-corrected chi connectivity index (χ4v) is 10.1. The minimum Gasteiger partial charge on any atom is -0.309 e.